The molecule has 0 aliphatic heterocycles. The summed E-state index contributed by atoms with van der Waals surface area (Å²) in [6.45, 7) is 40.8. The second kappa shape index (κ2) is 45.0. The van der Waals surface area contributed by atoms with Gasteiger partial charge < -0.3 is 21.3 Å². The van der Waals surface area contributed by atoms with Gasteiger partial charge in [0, 0.05) is 0 Å². The molecule has 0 N–H and O–H groups in total. The molecule has 680 valence electrons. The van der Waals surface area contributed by atoms with Gasteiger partial charge in [0.2, 0.25) is 0 Å². The van der Waals surface area contributed by atoms with Gasteiger partial charge >= 0.3 is 21.7 Å². The zero-order valence-corrected chi connectivity index (χ0v) is 88.4. The zero-order chi connectivity index (χ0) is 90.6. The smallest absolute Gasteiger partial charge is 0.647 e. The maximum absolute atomic E-state index is 5.58. The van der Waals surface area contributed by atoms with Gasteiger partial charge in [0.25, 0.3) is 0 Å². The van der Waals surface area contributed by atoms with E-state index in [-0.39, 0.29) is 110 Å². The molecule has 0 heterocycles. The Morgan fingerprint density at radius 2 is 0.302 bits per heavy atom. The second-order valence-corrected chi connectivity index (χ2v) is 57.4. The molecule has 0 saturated heterocycles. The van der Waals surface area contributed by atoms with Crippen molar-refractivity contribution in [3.8, 4) is 0 Å². The van der Waals surface area contributed by atoms with E-state index < -0.39 is 35.2 Å². The Morgan fingerprint density at radius 3 is 0.434 bits per heavy atom. The first-order chi connectivity index (χ1) is 61.5. The first kappa shape index (κ1) is 101. The molecule has 8 unspecified atom stereocenters. The van der Waals surface area contributed by atoms with Gasteiger partial charge in [0.15, 0.2) is 0 Å². The van der Waals surface area contributed by atoms with Gasteiger partial charge in [0.1, 0.15) is 35.2 Å². The molecule has 0 bridgehead atoms. The van der Waals surface area contributed by atoms with Gasteiger partial charge in [-0.1, -0.05) is 645 Å². The molecule has 4 saturated carbocycles. The fourth-order valence-electron chi connectivity index (χ4n) is 25.4. The minimum atomic E-state index is -1.57. The second-order valence-electron chi connectivity index (χ2n) is 43.5. The molecule has 4 nitrogen and oxygen atoms in total. The minimum Gasteiger partial charge on any atom is -0.647 e. The van der Waals surface area contributed by atoms with E-state index >= 15 is 0 Å². The van der Waals surface area contributed by atoms with Crippen molar-refractivity contribution in [3.05, 3.63) is 361 Å². The predicted octanol–water partition coefficient (Wildman–Crippen LogP) is 27.2. The molecule has 8 atom stereocenters. The molecule has 0 radical (unpaired) electrons. The molecular formula is C120H160N4Si4Ti. The van der Waals surface area contributed by atoms with Crippen molar-refractivity contribution in [1.82, 2.24) is 0 Å². The van der Waals surface area contributed by atoms with Crippen molar-refractivity contribution in [1.29, 1.82) is 0 Å². The van der Waals surface area contributed by atoms with Crippen LogP contribution in [0.3, 0.4) is 0 Å². The first-order valence-corrected chi connectivity index (χ1v) is 57.1. The average molecular weight is 1820 g/mol. The summed E-state index contributed by atoms with van der Waals surface area (Å²) in [6, 6.07) is 92.3. The van der Waals surface area contributed by atoms with E-state index in [1.165, 1.54) is 154 Å². The summed E-state index contributed by atoms with van der Waals surface area (Å²) in [5.74, 6) is 0. The summed E-state index contributed by atoms with van der Waals surface area (Å²) in [5, 5.41) is 35.6. The monoisotopic (exact) mass is 1820 g/mol. The largest absolute Gasteiger partial charge is 4.00 e. The number of benzene rings is 8. The molecule has 9 heteroatoms. The van der Waals surface area contributed by atoms with E-state index in [1.807, 2.05) is 0 Å². The standard InChI is InChI=1S/4C30H40NSi.Ti/c4*1-28(2)29(3,31-25-17-13-14-18-25)23-15-5-6-16-24-30(28,4)32(26-19-9-7-10-20-26)27-21-11-8-12-22-27;/h4*7-14,17-22,25,32H,5-6,15-16,23-24H2,1-4H3;/q4*-1;+4. The molecule has 0 amide bonds. The van der Waals surface area contributed by atoms with Crippen molar-refractivity contribution in [3.63, 3.8) is 0 Å². The number of rotatable bonds is 20. The molecule has 8 aromatic carbocycles. The predicted molar refractivity (Wildman–Crippen MR) is 572 cm³/mol. The van der Waals surface area contributed by atoms with Crippen LogP contribution in [0.15, 0.2) is 340 Å². The molecule has 0 spiro atoms. The molecule has 129 heavy (non-hydrogen) atoms. The van der Waals surface area contributed by atoms with Crippen LogP contribution in [0.5, 0.6) is 0 Å². The van der Waals surface area contributed by atoms with Crippen LogP contribution in [0.2, 0.25) is 20.2 Å². The average Bonchev–Trinajstić information content (AvgIpc) is 1.16. The van der Waals surface area contributed by atoms with Crippen LogP contribution < -0.4 is 41.5 Å². The Labute approximate surface area is 806 Å². The van der Waals surface area contributed by atoms with Gasteiger partial charge in [-0.2, -0.15) is 0 Å². The van der Waals surface area contributed by atoms with Crippen molar-refractivity contribution in [2.75, 3.05) is 0 Å². The summed E-state index contributed by atoms with van der Waals surface area (Å²) >= 11 is 0. The maximum Gasteiger partial charge on any atom is 4.00 e. The zero-order valence-electron chi connectivity index (χ0n) is 82.2. The Morgan fingerprint density at radius 1 is 0.178 bits per heavy atom. The van der Waals surface area contributed by atoms with Crippen molar-refractivity contribution in [2.45, 2.75) is 331 Å². The van der Waals surface area contributed by atoms with Crippen LogP contribution in [0.4, 0.5) is 0 Å². The summed E-state index contributed by atoms with van der Waals surface area (Å²) in [7, 11) is -6.27. The van der Waals surface area contributed by atoms with Crippen molar-refractivity contribution >= 4 is 76.7 Å². The van der Waals surface area contributed by atoms with Crippen LogP contribution in [-0.2, 0) is 21.7 Å². The summed E-state index contributed by atoms with van der Waals surface area (Å²) in [4.78, 5) is 0. The van der Waals surface area contributed by atoms with Crippen molar-refractivity contribution < 1.29 is 21.7 Å². The molecule has 0 aromatic heterocycles. The Hall–Kier alpha value is -6.90. The van der Waals surface area contributed by atoms with Crippen LogP contribution in [0.25, 0.3) is 21.3 Å². The Balaban J connectivity index is 0.000000155. The molecule has 16 rings (SSSR count). The van der Waals surface area contributed by atoms with Gasteiger partial charge in [-0.25, -0.2) is 0 Å². The van der Waals surface area contributed by atoms with Crippen LogP contribution in [0, 0.1) is 21.7 Å². The topological polar surface area (TPSA) is 56.4 Å². The fraction of sp³-hybridized carbons (Fsp3) is 0.467. The minimum absolute atomic E-state index is 0. The molecule has 8 aromatic rings. The Kier molecular flexibility index (Phi) is 35.2. The normalized spacial score (nSPS) is 28.2. The van der Waals surface area contributed by atoms with Crippen LogP contribution in [-0.4, -0.2) is 81.5 Å². The quantitative estimate of drug-likeness (QED) is 0.0683. The first-order valence-electron chi connectivity index (χ1n) is 50.2. The van der Waals surface area contributed by atoms with Gasteiger partial charge in [-0.15, -0.1) is 22.2 Å². The molecule has 8 aliphatic rings. The molecule has 4 fully saturated rings. The summed E-state index contributed by atoms with van der Waals surface area (Å²) < 4.78 is 0. The van der Waals surface area contributed by atoms with Crippen LogP contribution in [0.1, 0.15) is 265 Å². The molecular weight excluding hydrogens is 1660 g/mol. The van der Waals surface area contributed by atoms with Gasteiger partial charge in [0.05, 0.1) is 0 Å². The summed E-state index contributed by atoms with van der Waals surface area (Å²) in [5.41, 5.74) is 0.00702. The van der Waals surface area contributed by atoms with Gasteiger partial charge in [-0.05, 0) is 67.5 Å². The summed E-state index contributed by atoms with van der Waals surface area (Å²) in [6.07, 6.45) is 66.3. The van der Waals surface area contributed by atoms with E-state index in [9.17, 15) is 0 Å². The van der Waals surface area contributed by atoms with E-state index in [2.05, 4.69) is 451 Å². The van der Waals surface area contributed by atoms with Crippen molar-refractivity contribution in [2.24, 2.45) is 21.7 Å². The van der Waals surface area contributed by atoms with E-state index in [0.29, 0.717) is 0 Å². The van der Waals surface area contributed by atoms with E-state index in [1.54, 1.807) is 41.5 Å². The third kappa shape index (κ3) is 22.4. The SMILES string of the molecule is CC1([N-]C2C=CC=C2)CCCCCCC(C)([SiH](c2ccccc2)c2ccccc2)C1(C)C.CC1([N-]C2C=CC=C2)CCCCCCC(C)([SiH](c2ccccc2)c2ccccc2)C1(C)C.CC1([N-]C2C=CC=C2)CCCCCCC(C)([SiH](c2ccccc2)c2ccccc2)C1(C)C.CC1([N-]C2C=CC=C2)CCCCCCC(C)([SiH](c2ccccc2)c2ccccc2)C1(C)C.[Ti+4]. The maximum atomic E-state index is 5.58. The fourth-order valence-corrected chi connectivity index (χ4v) is 43.7. The molecule has 8 aliphatic carbocycles. The Bertz CT molecular complexity index is 4160. The number of allylic oxidation sites excluding steroid dienone is 8. The number of hydrogen-bond acceptors (Lipinski definition) is 0. The third-order valence-electron chi connectivity index (χ3n) is 35.8. The van der Waals surface area contributed by atoms with E-state index in [4.69, 9.17) is 21.3 Å². The number of nitrogens with zero attached hydrogens (tertiary/aromatic N) is 4. The third-order valence-corrected chi connectivity index (χ3v) is 53.3. The van der Waals surface area contributed by atoms with Crippen LogP contribution >= 0.6 is 0 Å². The number of hydrogen-bond donors (Lipinski definition) is 0. The van der Waals surface area contributed by atoms with E-state index in [0.717, 1.165) is 0 Å². The van der Waals surface area contributed by atoms with Gasteiger partial charge in [-0.3, -0.25) is 0 Å².